The lowest BCUT2D eigenvalue weighted by Gasteiger charge is -2.26. The average Bonchev–Trinajstić information content (AvgIpc) is 3.19. The lowest BCUT2D eigenvalue weighted by atomic mass is 9.85. The van der Waals surface area contributed by atoms with Crippen LogP contribution >= 0.6 is 0 Å². The minimum atomic E-state index is 0.0431. The Morgan fingerprint density at radius 1 is 0.645 bits per heavy atom. The molecule has 1 aliphatic rings. The summed E-state index contributed by atoms with van der Waals surface area (Å²) < 4.78 is 0. The average molecular weight is 414 g/mol. The van der Waals surface area contributed by atoms with E-state index in [-0.39, 0.29) is 23.0 Å². The zero-order valence-electron chi connectivity index (χ0n) is 19.7. The fourth-order valence-corrected chi connectivity index (χ4v) is 4.24. The van der Waals surface area contributed by atoms with Gasteiger partial charge in [-0.05, 0) is 45.2 Å². The van der Waals surface area contributed by atoms with Gasteiger partial charge in [-0.3, -0.25) is 4.84 Å². The number of anilines is 1. The van der Waals surface area contributed by atoms with Crippen LogP contribution < -0.4 is 5.06 Å². The van der Waals surface area contributed by atoms with Gasteiger partial charge in [0.1, 0.15) is 6.10 Å². The molecule has 3 aromatic carbocycles. The van der Waals surface area contributed by atoms with Gasteiger partial charge in [-0.2, -0.15) is 0 Å². The number of rotatable bonds is 3. The van der Waals surface area contributed by atoms with E-state index in [1.807, 2.05) is 0 Å². The third kappa shape index (κ3) is 4.70. The fraction of sp³-hybridized carbons (Fsp3) is 0.379. The van der Waals surface area contributed by atoms with E-state index in [1.54, 1.807) is 0 Å². The van der Waals surface area contributed by atoms with Crippen molar-refractivity contribution in [3.8, 4) is 0 Å². The molecule has 0 spiro atoms. The van der Waals surface area contributed by atoms with Crippen LogP contribution in [0.1, 0.15) is 82.4 Å². The van der Waals surface area contributed by atoms with Crippen LogP contribution in [0, 0.1) is 0 Å². The van der Waals surface area contributed by atoms with Crippen molar-refractivity contribution in [2.45, 2.75) is 70.9 Å². The summed E-state index contributed by atoms with van der Waals surface area (Å²) in [5.74, 6) is 0. The second-order valence-corrected chi connectivity index (χ2v) is 10.8. The number of benzene rings is 3. The maximum absolute atomic E-state index is 6.56. The van der Waals surface area contributed by atoms with Crippen LogP contribution in [-0.2, 0) is 15.7 Å². The van der Waals surface area contributed by atoms with Crippen molar-refractivity contribution in [1.29, 1.82) is 0 Å². The Labute approximate surface area is 187 Å². The second-order valence-electron chi connectivity index (χ2n) is 10.8. The summed E-state index contributed by atoms with van der Waals surface area (Å²) in [6.45, 7) is 13.5. The van der Waals surface area contributed by atoms with E-state index < -0.39 is 0 Å². The third-order valence-corrected chi connectivity index (χ3v) is 6.28. The van der Waals surface area contributed by atoms with E-state index in [9.17, 15) is 0 Å². The Morgan fingerprint density at radius 2 is 1.13 bits per heavy atom. The first kappa shape index (κ1) is 21.6. The normalized spacial score (nSPS) is 19.6. The first-order valence-corrected chi connectivity index (χ1v) is 11.3. The molecule has 0 N–H and O–H groups in total. The first-order chi connectivity index (χ1) is 14.6. The fourth-order valence-electron chi connectivity index (χ4n) is 4.24. The van der Waals surface area contributed by atoms with Gasteiger partial charge in [-0.25, -0.2) is 5.06 Å². The van der Waals surface area contributed by atoms with Crippen molar-refractivity contribution in [2.24, 2.45) is 0 Å². The molecule has 1 aliphatic heterocycles. The molecule has 0 amide bonds. The largest absolute Gasteiger partial charge is 0.265 e. The van der Waals surface area contributed by atoms with Crippen LogP contribution in [0.15, 0.2) is 78.9 Å². The number of hydrogen-bond acceptors (Lipinski definition) is 2. The summed E-state index contributed by atoms with van der Waals surface area (Å²) in [5.41, 5.74) is 6.65. The lowest BCUT2D eigenvalue weighted by molar-refractivity contribution is 0.0836. The van der Waals surface area contributed by atoms with Gasteiger partial charge in [0.2, 0.25) is 0 Å². The molecule has 4 rings (SSSR count). The van der Waals surface area contributed by atoms with E-state index in [1.165, 1.54) is 22.3 Å². The highest BCUT2D eigenvalue weighted by Crippen LogP contribution is 2.44. The number of hydrogen-bond donors (Lipinski definition) is 0. The molecule has 2 heteroatoms. The molecule has 3 aromatic rings. The van der Waals surface area contributed by atoms with E-state index in [0.717, 1.165) is 12.1 Å². The Kier molecular flexibility index (Phi) is 5.70. The van der Waals surface area contributed by atoms with E-state index in [4.69, 9.17) is 4.84 Å². The quantitative estimate of drug-likeness (QED) is 0.432. The Hall–Kier alpha value is -2.58. The van der Waals surface area contributed by atoms with Crippen LogP contribution in [0.3, 0.4) is 0 Å². The van der Waals surface area contributed by atoms with Gasteiger partial charge in [-0.15, -0.1) is 0 Å². The molecule has 2 atom stereocenters. The van der Waals surface area contributed by atoms with E-state index >= 15 is 0 Å². The highest BCUT2D eigenvalue weighted by atomic mass is 16.7. The van der Waals surface area contributed by atoms with Gasteiger partial charge in [0.05, 0.1) is 11.7 Å². The van der Waals surface area contributed by atoms with Crippen molar-refractivity contribution in [3.63, 3.8) is 0 Å². The minimum absolute atomic E-state index is 0.0431. The molecule has 1 fully saturated rings. The summed E-state index contributed by atoms with van der Waals surface area (Å²) in [6.07, 6.45) is 0.972. The predicted octanol–water partition coefficient (Wildman–Crippen LogP) is 7.91. The van der Waals surface area contributed by atoms with Crippen molar-refractivity contribution in [3.05, 3.63) is 101 Å². The lowest BCUT2D eigenvalue weighted by Crippen LogP contribution is -2.21. The molecule has 0 saturated carbocycles. The van der Waals surface area contributed by atoms with E-state index in [0.29, 0.717) is 0 Å². The van der Waals surface area contributed by atoms with Crippen LogP contribution in [0.2, 0.25) is 0 Å². The molecule has 0 bridgehead atoms. The van der Waals surface area contributed by atoms with Crippen molar-refractivity contribution in [1.82, 2.24) is 0 Å². The zero-order valence-corrected chi connectivity index (χ0v) is 19.7. The molecule has 2 nitrogen and oxygen atoms in total. The maximum Gasteiger partial charge on any atom is 0.113 e. The van der Waals surface area contributed by atoms with Gasteiger partial charge >= 0.3 is 0 Å². The predicted molar refractivity (Wildman–Crippen MR) is 130 cm³/mol. The Balaban J connectivity index is 1.64. The van der Waals surface area contributed by atoms with Gasteiger partial charge in [0.25, 0.3) is 0 Å². The number of hydroxylamine groups is 1. The van der Waals surface area contributed by atoms with E-state index in [2.05, 4.69) is 125 Å². The summed E-state index contributed by atoms with van der Waals surface area (Å²) in [7, 11) is 0. The molecule has 1 saturated heterocycles. The third-order valence-electron chi connectivity index (χ3n) is 6.28. The smallest absolute Gasteiger partial charge is 0.113 e. The van der Waals surface area contributed by atoms with Crippen molar-refractivity contribution < 1.29 is 4.84 Å². The van der Waals surface area contributed by atoms with Crippen LogP contribution in [-0.4, -0.2) is 0 Å². The molecular formula is C29H35NO. The SMILES string of the molecule is CC(C)(C)c1ccc([C@H]2C[C@@H](c3ccc(C(C)(C)C)cc3)N(c3ccccc3)O2)cc1. The molecule has 31 heavy (non-hydrogen) atoms. The van der Waals surface area contributed by atoms with Crippen LogP contribution in [0.4, 0.5) is 5.69 Å². The zero-order chi connectivity index (χ0) is 22.2. The van der Waals surface area contributed by atoms with Crippen molar-refractivity contribution in [2.75, 3.05) is 5.06 Å². The van der Waals surface area contributed by atoms with Gasteiger partial charge in [0.15, 0.2) is 0 Å². The molecular weight excluding hydrogens is 378 g/mol. The maximum atomic E-state index is 6.56. The van der Waals surface area contributed by atoms with Crippen LogP contribution in [0.5, 0.6) is 0 Å². The summed E-state index contributed by atoms with van der Waals surface area (Å²) >= 11 is 0. The summed E-state index contributed by atoms with van der Waals surface area (Å²) in [6, 6.07) is 28.7. The summed E-state index contributed by atoms with van der Waals surface area (Å²) in [4.78, 5) is 6.56. The molecule has 0 aromatic heterocycles. The highest BCUT2D eigenvalue weighted by Gasteiger charge is 2.36. The van der Waals surface area contributed by atoms with Gasteiger partial charge in [-0.1, -0.05) is 108 Å². The van der Waals surface area contributed by atoms with Gasteiger partial charge < -0.3 is 0 Å². The molecule has 0 radical (unpaired) electrons. The first-order valence-electron chi connectivity index (χ1n) is 11.3. The Bertz CT molecular complexity index is 992. The van der Waals surface area contributed by atoms with Crippen molar-refractivity contribution >= 4 is 5.69 Å². The van der Waals surface area contributed by atoms with Crippen LogP contribution in [0.25, 0.3) is 0 Å². The molecule has 0 aliphatic carbocycles. The topological polar surface area (TPSA) is 12.5 Å². The molecule has 162 valence electrons. The summed E-state index contributed by atoms with van der Waals surface area (Å²) in [5, 5.41) is 2.11. The second kappa shape index (κ2) is 8.16. The Morgan fingerprint density at radius 3 is 1.61 bits per heavy atom. The number of nitrogens with zero attached hydrogens (tertiary/aromatic N) is 1. The highest BCUT2D eigenvalue weighted by molar-refractivity contribution is 5.48. The molecule has 0 unspecified atom stereocenters. The minimum Gasteiger partial charge on any atom is -0.265 e. The number of para-hydroxylation sites is 1. The monoisotopic (exact) mass is 413 g/mol. The van der Waals surface area contributed by atoms with Gasteiger partial charge in [0, 0.05) is 6.42 Å². The standard InChI is InChI=1S/C29H35NO/c1-28(2,3)23-16-12-21(13-17-23)26-20-27(31-30(26)25-10-8-7-9-11-25)22-14-18-24(19-15-22)29(4,5)6/h7-19,26-27H,20H2,1-6H3/t26-,27+/m0/s1. The molecule has 1 heterocycles.